The van der Waals surface area contributed by atoms with Gasteiger partial charge >= 0.3 is 0 Å². The van der Waals surface area contributed by atoms with Gasteiger partial charge in [-0.2, -0.15) is 0 Å². The molecule has 0 saturated heterocycles. The van der Waals surface area contributed by atoms with Crippen molar-refractivity contribution in [2.75, 3.05) is 18.5 Å². The van der Waals surface area contributed by atoms with Crippen LogP contribution in [0.5, 0.6) is 0 Å². The zero-order chi connectivity index (χ0) is 13.5. The third kappa shape index (κ3) is 4.29. The van der Waals surface area contributed by atoms with Crippen LogP contribution in [0.1, 0.15) is 23.9 Å². The van der Waals surface area contributed by atoms with Gasteiger partial charge in [0.25, 0.3) is 0 Å². The Balaban J connectivity index is 1.90. The quantitative estimate of drug-likeness (QED) is 0.789. The molecule has 19 heavy (non-hydrogen) atoms. The zero-order valence-electron chi connectivity index (χ0n) is 11.5. The summed E-state index contributed by atoms with van der Waals surface area (Å²) in [4.78, 5) is 12.3. The largest absolute Gasteiger partial charge is 0.353 e. The Hall–Kier alpha value is -1.46. The van der Waals surface area contributed by atoms with E-state index in [1.165, 1.54) is 4.88 Å². The summed E-state index contributed by atoms with van der Waals surface area (Å²) < 4.78 is 0. The Bertz CT molecular complexity index is 467. The van der Waals surface area contributed by atoms with E-state index in [9.17, 15) is 0 Å². The summed E-state index contributed by atoms with van der Waals surface area (Å²) in [5, 5.41) is 5.42. The van der Waals surface area contributed by atoms with Crippen molar-refractivity contribution in [2.24, 2.45) is 0 Å². The van der Waals surface area contributed by atoms with E-state index in [0.29, 0.717) is 0 Å². The lowest BCUT2D eigenvalue weighted by molar-refractivity contribution is 0.661. The van der Waals surface area contributed by atoms with Gasteiger partial charge in [0.2, 0.25) is 0 Å². The van der Waals surface area contributed by atoms with Crippen molar-refractivity contribution in [2.45, 2.75) is 26.4 Å². The smallest absolute Gasteiger partial charge is 0.147 e. The fourth-order valence-electron chi connectivity index (χ4n) is 1.75. The molecule has 2 heterocycles. The molecule has 0 bridgehead atoms. The van der Waals surface area contributed by atoms with E-state index in [2.05, 4.69) is 44.6 Å². The lowest BCUT2D eigenvalue weighted by Crippen LogP contribution is -2.18. The molecule has 0 saturated carbocycles. The molecule has 0 unspecified atom stereocenters. The van der Waals surface area contributed by atoms with Gasteiger partial charge in [-0.15, -0.1) is 11.3 Å². The monoisotopic (exact) mass is 276 g/mol. The highest BCUT2D eigenvalue weighted by molar-refractivity contribution is 7.09. The molecular formula is C14H20N4S. The van der Waals surface area contributed by atoms with Crippen LogP contribution >= 0.6 is 11.3 Å². The van der Waals surface area contributed by atoms with Gasteiger partial charge in [0.05, 0.1) is 24.6 Å². The first kappa shape index (κ1) is 14.0. The minimum atomic E-state index is 0.787. The van der Waals surface area contributed by atoms with E-state index in [1.807, 2.05) is 19.4 Å². The van der Waals surface area contributed by atoms with Gasteiger partial charge < -0.3 is 10.2 Å². The molecule has 2 rings (SSSR count). The molecule has 5 heteroatoms. The van der Waals surface area contributed by atoms with Crippen LogP contribution < -0.4 is 10.2 Å². The van der Waals surface area contributed by atoms with Crippen molar-refractivity contribution >= 4 is 17.2 Å². The fraction of sp³-hybridized carbons (Fsp3) is 0.429. The van der Waals surface area contributed by atoms with Crippen LogP contribution in [-0.4, -0.2) is 23.6 Å². The molecule has 0 aliphatic heterocycles. The number of hydrogen-bond donors (Lipinski definition) is 1. The van der Waals surface area contributed by atoms with Gasteiger partial charge in [-0.1, -0.05) is 13.0 Å². The standard InChI is InChI=1S/C14H20N4S/c1-3-6-15-8-12-9-17-14(10-16-12)18(2)11-13-5-4-7-19-13/h4-5,7,9-10,15H,3,6,8,11H2,1-2H3. The van der Waals surface area contributed by atoms with Crippen molar-refractivity contribution in [3.8, 4) is 0 Å². The molecule has 0 aliphatic rings. The second-order valence-corrected chi connectivity index (χ2v) is 5.51. The lowest BCUT2D eigenvalue weighted by atomic mass is 10.4. The van der Waals surface area contributed by atoms with E-state index >= 15 is 0 Å². The second-order valence-electron chi connectivity index (χ2n) is 4.48. The number of aromatic nitrogens is 2. The molecule has 0 spiro atoms. The van der Waals surface area contributed by atoms with E-state index < -0.39 is 0 Å². The van der Waals surface area contributed by atoms with Crippen LogP contribution in [0.25, 0.3) is 0 Å². The molecule has 1 N–H and O–H groups in total. The maximum Gasteiger partial charge on any atom is 0.147 e. The molecule has 0 amide bonds. The summed E-state index contributed by atoms with van der Waals surface area (Å²) >= 11 is 1.76. The van der Waals surface area contributed by atoms with Gasteiger partial charge in [-0.05, 0) is 24.4 Å². The third-order valence-corrected chi connectivity index (χ3v) is 3.65. The number of anilines is 1. The van der Waals surface area contributed by atoms with Crippen molar-refractivity contribution in [1.82, 2.24) is 15.3 Å². The zero-order valence-corrected chi connectivity index (χ0v) is 12.3. The van der Waals surface area contributed by atoms with E-state index in [4.69, 9.17) is 0 Å². The van der Waals surface area contributed by atoms with Crippen LogP contribution in [0, 0.1) is 0 Å². The Morgan fingerprint density at radius 1 is 1.32 bits per heavy atom. The van der Waals surface area contributed by atoms with Crippen molar-refractivity contribution in [3.63, 3.8) is 0 Å². The number of nitrogens with zero attached hydrogens (tertiary/aromatic N) is 3. The van der Waals surface area contributed by atoms with Crippen molar-refractivity contribution in [3.05, 3.63) is 40.5 Å². The summed E-state index contributed by atoms with van der Waals surface area (Å²) in [5.74, 6) is 0.910. The molecule has 0 radical (unpaired) electrons. The Labute approximate surface area is 118 Å². The van der Waals surface area contributed by atoms with Crippen molar-refractivity contribution < 1.29 is 0 Å². The van der Waals surface area contributed by atoms with Crippen LogP contribution in [-0.2, 0) is 13.1 Å². The fourth-order valence-corrected chi connectivity index (χ4v) is 2.50. The first-order chi connectivity index (χ1) is 9.29. The van der Waals surface area contributed by atoms with Gasteiger partial charge in [0.15, 0.2) is 0 Å². The number of thiophene rings is 1. The van der Waals surface area contributed by atoms with Gasteiger partial charge in [-0.3, -0.25) is 4.98 Å². The summed E-state index contributed by atoms with van der Waals surface area (Å²) in [7, 11) is 2.04. The first-order valence-electron chi connectivity index (χ1n) is 6.54. The highest BCUT2D eigenvalue weighted by Crippen LogP contribution is 2.15. The van der Waals surface area contributed by atoms with Gasteiger partial charge in [0, 0.05) is 18.5 Å². The third-order valence-electron chi connectivity index (χ3n) is 2.79. The summed E-state index contributed by atoms with van der Waals surface area (Å²) in [6.07, 6.45) is 4.83. The molecular weight excluding hydrogens is 256 g/mol. The van der Waals surface area contributed by atoms with Crippen LogP contribution in [0.3, 0.4) is 0 Å². The van der Waals surface area contributed by atoms with Crippen LogP contribution in [0.4, 0.5) is 5.82 Å². The highest BCUT2D eigenvalue weighted by atomic mass is 32.1. The van der Waals surface area contributed by atoms with Gasteiger partial charge in [-0.25, -0.2) is 4.98 Å². The number of nitrogens with one attached hydrogen (secondary N) is 1. The SMILES string of the molecule is CCCNCc1cnc(N(C)Cc2cccs2)cn1. The Kier molecular flexibility index (Phi) is 5.30. The molecule has 2 aromatic heterocycles. The molecule has 102 valence electrons. The number of rotatable bonds is 7. The molecule has 0 atom stereocenters. The summed E-state index contributed by atoms with van der Waals surface area (Å²) in [5.41, 5.74) is 0.988. The predicted octanol–water partition coefficient (Wildman–Crippen LogP) is 2.67. The Morgan fingerprint density at radius 2 is 2.21 bits per heavy atom. The summed E-state index contributed by atoms with van der Waals surface area (Å²) in [6, 6.07) is 4.21. The van der Waals surface area contributed by atoms with Gasteiger partial charge in [0.1, 0.15) is 5.82 Å². The topological polar surface area (TPSA) is 41.1 Å². The maximum atomic E-state index is 4.47. The normalized spacial score (nSPS) is 10.6. The average molecular weight is 276 g/mol. The van der Waals surface area contributed by atoms with E-state index in [-0.39, 0.29) is 0 Å². The maximum absolute atomic E-state index is 4.47. The summed E-state index contributed by atoms with van der Waals surface area (Å²) in [6.45, 7) is 4.83. The lowest BCUT2D eigenvalue weighted by Gasteiger charge is -2.16. The predicted molar refractivity (Wildman–Crippen MR) is 80.5 cm³/mol. The van der Waals surface area contributed by atoms with Crippen LogP contribution in [0.15, 0.2) is 29.9 Å². The molecule has 2 aromatic rings. The molecule has 4 nitrogen and oxygen atoms in total. The number of hydrogen-bond acceptors (Lipinski definition) is 5. The molecule has 0 fully saturated rings. The minimum Gasteiger partial charge on any atom is -0.353 e. The minimum absolute atomic E-state index is 0.787. The van der Waals surface area contributed by atoms with Crippen molar-refractivity contribution in [1.29, 1.82) is 0 Å². The molecule has 0 aliphatic carbocycles. The van der Waals surface area contributed by atoms with E-state index in [0.717, 1.165) is 37.6 Å². The highest BCUT2D eigenvalue weighted by Gasteiger charge is 2.05. The van der Waals surface area contributed by atoms with Crippen LogP contribution in [0.2, 0.25) is 0 Å². The average Bonchev–Trinajstić information content (AvgIpc) is 2.93. The first-order valence-corrected chi connectivity index (χ1v) is 7.42. The van der Waals surface area contributed by atoms with E-state index in [1.54, 1.807) is 11.3 Å². The molecule has 0 aromatic carbocycles. The second kappa shape index (κ2) is 7.21. The Morgan fingerprint density at radius 3 is 2.84 bits per heavy atom.